The van der Waals surface area contributed by atoms with Crippen molar-refractivity contribution in [2.75, 3.05) is 20.3 Å². The first-order valence-electron chi connectivity index (χ1n) is 11.1. The Morgan fingerprint density at radius 1 is 1.21 bits per heavy atom. The molecule has 1 N–H and O–H groups in total. The summed E-state index contributed by atoms with van der Waals surface area (Å²) in [7, 11) is 1.58. The molecule has 1 aromatic carbocycles. The van der Waals surface area contributed by atoms with Gasteiger partial charge in [0.1, 0.15) is 5.01 Å². The number of likely N-dealkylation sites (tertiary alicyclic amines) is 1. The number of thiazole rings is 1. The van der Waals surface area contributed by atoms with Gasteiger partial charge in [0, 0.05) is 38.5 Å². The third-order valence-corrected chi connectivity index (χ3v) is 7.94. The standard InChI is InChI=1S/C25H27N3O4S2/c1-17-7-3-4-8-19(17)25(14-22(30)28(24(25)31)10-6-11-32-2)13-21(29)26-15-18-16-34-23(27-18)20-9-5-12-33-20/h3-5,7-9,12,16H,6,10-11,13-15H2,1-2H3,(H,26,29)/t25-/m0/s1. The Bertz CT molecular complexity index is 1170. The lowest BCUT2D eigenvalue weighted by Crippen LogP contribution is -2.43. The Hall–Kier alpha value is -2.88. The molecule has 1 aliphatic rings. The average molecular weight is 498 g/mol. The largest absolute Gasteiger partial charge is 0.385 e. The highest BCUT2D eigenvalue weighted by atomic mass is 32.1. The molecule has 34 heavy (non-hydrogen) atoms. The second-order valence-electron chi connectivity index (χ2n) is 8.35. The number of ether oxygens (including phenoxy) is 1. The lowest BCUT2D eigenvalue weighted by atomic mass is 9.74. The minimum absolute atomic E-state index is 0.0175. The lowest BCUT2D eigenvalue weighted by molar-refractivity contribution is -0.141. The van der Waals surface area contributed by atoms with Gasteiger partial charge in [-0.25, -0.2) is 4.98 Å². The van der Waals surface area contributed by atoms with Gasteiger partial charge in [-0.2, -0.15) is 0 Å². The molecule has 1 fully saturated rings. The van der Waals surface area contributed by atoms with Crippen LogP contribution in [-0.4, -0.2) is 47.9 Å². The number of nitrogens with one attached hydrogen (secondary N) is 1. The van der Waals surface area contributed by atoms with Crippen LogP contribution in [0.4, 0.5) is 0 Å². The van der Waals surface area contributed by atoms with Crippen molar-refractivity contribution in [3.63, 3.8) is 0 Å². The second-order valence-corrected chi connectivity index (χ2v) is 10.2. The van der Waals surface area contributed by atoms with Gasteiger partial charge in [0.25, 0.3) is 0 Å². The molecule has 3 heterocycles. The van der Waals surface area contributed by atoms with Crippen molar-refractivity contribution >= 4 is 40.4 Å². The van der Waals surface area contributed by atoms with Crippen molar-refractivity contribution in [1.29, 1.82) is 0 Å². The monoisotopic (exact) mass is 497 g/mol. The number of aryl methyl sites for hydroxylation is 1. The zero-order chi connectivity index (χ0) is 24.1. The van der Waals surface area contributed by atoms with Gasteiger partial charge in [-0.3, -0.25) is 19.3 Å². The highest BCUT2D eigenvalue weighted by molar-refractivity contribution is 7.20. The van der Waals surface area contributed by atoms with Gasteiger partial charge < -0.3 is 10.1 Å². The summed E-state index contributed by atoms with van der Waals surface area (Å²) >= 11 is 3.15. The molecule has 0 unspecified atom stereocenters. The average Bonchev–Trinajstić information content (AvgIpc) is 3.55. The topological polar surface area (TPSA) is 88.6 Å². The molecule has 0 radical (unpaired) electrons. The van der Waals surface area contributed by atoms with Gasteiger partial charge in [0.15, 0.2) is 0 Å². The summed E-state index contributed by atoms with van der Waals surface area (Å²) in [5.74, 6) is -0.849. The summed E-state index contributed by atoms with van der Waals surface area (Å²) in [5, 5.41) is 7.75. The third kappa shape index (κ3) is 4.96. The van der Waals surface area contributed by atoms with Crippen molar-refractivity contribution in [3.05, 3.63) is 64.0 Å². The SMILES string of the molecule is COCCCN1C(=O)C[C@@](CC(=O)NCc2csc(-c3cccs3)n2)(c2ccccc2C)C1=O. The summed E-state index contributed by atoms with van der Waals surface area (Å²) in [6.45, 7) is 2.91. The summed E-state index contributed by atoms with van der Waals surface area (Å²) < 4.78 is 5.07. The van der Waals surface area contributed by atoms with Gasteiger partial charge in [0.2, 0.25) is 17.7 Å². The normalized spacial score (nSPS) is 18.0. The van der Waals surface area contributed by atoms with E-state index in [1.54, 1.807) is 18.4 Å². The van der Waals surface area contributed by atoms with E-state index in [-0.39, 0.29) is 43.7 Å². The molecule has 1 aliphatic heterocycles. The van der Waals surface area contributed by atoms with Crippen LogP contribution in [0.5, 0.6) is 0 Å². The van der Waals surface area contributed by atoms with Crippen LogP contribution in [0, 0.1) is 6.92 Å². The highest BCUT2D eigenvalue weighted by Gasteiger charge is 2.53. The highest BCUT2D eigenvalue weighted by Crippen LogP contribution is 2.41. The molecule has 9 heteroatoms. The zero-order valence-corrected chi connectivity index (χ0v) is 20.8. The van der Waals surface area contributed by atoms with E-state index in [0.29, 0.717) is 13.0 Å². The smallest absolute Gasteiger partial charge is 0.240 e. The van der Waals surface area contributed by atoms with Crippen LogP contribution >= 0.6 is 22.7 Å². The van der Waals surface area contributed by atoms with E-state index < -0.39 is 5.41 Å². The minimum Gasteiger partial charge on any atom is -0.385 e. The van der Waals surface area contributed by atoms with E-state index in [9.17, 15) is 14.4 Å². The van der Waals surface area contributed by atoms with Crippen LogP contribution in [-0.2, 0) is 31.1 Å². The molecule has 4 rings (SSSR count). The molecule has 0 bridgehead atoms. The first kappa shape index (κ1) is 24.3. The molecule has 178 valence electrons. The van der Waals surface area contributed by atoms with Gasteiger partial charge in [-0.15, -0.1) is 22.7 Å². The van der Waals surface area contributed by atoms with Crippen LogP contribution < -0.4 is 5.32 Å². The molecule has 7 nitrogen and oxygen atoms in total. The van der Waals surface area contributed by atoms with Gasteiger partial charge in [-0.05, 0) is 35.9 Å². The number of hydrogen-bond acceptors (Lipinski definition) is 7. The fourth-order valence-corrected chi connectivity index (χ4v) is 6.01. The van der Waals surface area contributed by atoms with E-state index in [0.717, 1.165) is 26.7 Å². The first-order chi connectivity index (χ1) is 16.4. The van der Waals surface area contributed by atoms with Crippen molar-refractivity contribution in [2.24, 2.45) is 0 Å². The zero-order valence-electron chi connectivity index (χ0n) is 19.2. The summed E-state index contributed by atoms with van der Waals surface area (Å²) in [4.78, 5) is 46.5. The molecule has 3 amide bonds. The summed E-state index contributed by atoms with van der Waals surface area (Å²) in [6, 6.07) is 11.5. The maximum absolute atomic E-state index is 13.6. The predicted octanol–water partition coefficient (Wildman–Crippen LogP) is 3.92. The number of methoxy groups -OCH3 is 1. The number of amides is 3. The Labute approximate surface area is 206 Å². The number of imide groups is 1. The van der Waals surface area contributed by atoms with Crippen molar-refractivity contribution < 1.29 is 19.1 Å². The molecule has 1 atom stereocenters. The quantitative estimate of drug-likeness (QED) is 0.339. The molecular weight excluding hydrogens is 470 g/mol. The maximum Gasteiger partial charge on any atom is 0.240 e. The van der Waals surface area contributed by atoms with E-state index in [2.05, 4.69) is 10.3 Å². The number of nitrogens with zero attached hydrogens (tertiary/aromatic N) is 2. The summed E-state index contributed by atoms with van der Waals surface area (Å²) in [5.41, 5.74) is 1.17. The lowest BCUT2D eigenvalue weighted by Gasteiger charge is -2.28. The number of thiophene rings is 1. The Kier molecular flexibility index (Phi) is 7.55. The van der Waals surface area contributed by atoms with Crippen molar-refractivity contribution in [2.45, 2.75) is 38.1 Å². The fraction of sp³-hybridized carbons (Fsp3) is 0.360. The van der Waals surface area contributed by atoms with E-state index in [1.807, 2.05) is 54.1 Å². The number of rotatable bonds is 10. The number of benzene rings is 1. The van der Waals surface area contributed by atoms with Crippen LogP contribution in [0.3, 0.4) is 0 Å². The van der Waals surface area contributed by atoms with E-state index in [4.69, 9.17) is 4.74 Å². The van der Waals surface area contributed by atoms with Crippen LogP contribution in [0.25, 0.3) is 9.88 Å². The Balaban J connectivity index is 1.51. The molecule has 1 saturated heterocycles. The number of aromatic nitrogens is 1. The first-order valence-corrected chi connectivity index (χ1v) is 12.9. The molecule has 0 saturated carbocycles. The van der Waals surface area contributed by atoms with Gasteiger partial charge in [-0.1, -0.05) is 30.3 Å². The molecule has 0 spiro atoms. The molecule has 2 aromatic heterocycles. The second kappa shape index (κ2) is 10.6. The number of carbonyl (C=O) groups is 3. The van der Waals surface area contributed by atoms with E-state index >= 15 is 0 Å². The number of carbonyl (C=O) groups excluding carboxylic acids is 3. The van der Waals surface area contributed by atoms with Gasteiger partial charge in [0.05, 0.1) is 22.5 Å². The molecule has 3 aromatic rings. The fourth-order valence-electron chi connectivity index (χ4n) is 4.37. The summed E-state index contributed by atoms with van der Waals surface area (Å²) in [6.07, 6.45) is 0.446. The van der Waals surface area contributed by atoms with Gasteiger partial charge >= 0.3 is 0 Å². The van der Waals surface area contributed by atoms with Crippen LogP contribution in [0.1, 0.15) is 36.1 Å². The van der Waals surface area contributed by atoms with Crippen LogP contribution in [0.2, 0.25) is 0 Å². The van der Waals surface area contributed by atoms with Crippen LogP contribution in [0.15, 0.2) is 47.2 Å². The molecular formula is C25H27N3O4S2. The maximum atomic E-state index is 13.6. The van der Waals surface area contributed by atoms with Crippen molar-refractivity contribution in [1.82, 2.24) is 15.2 Å². The predicted molar refractivity (Wildman–Crippen MR) is 133 cm³/mol. The Morgan fingerprint density at radius 2 is 2.03 bits per heavy atom. The third-order valence-electron chi connectivity index (χ3n) is 6.01. The number of hydrogen-bond donors (Lipinski definition) is 1. The Morgan fingerprint density at radius 3 is 2.76 bits per heavy atom. The minimum atomic E-state index is -1.20. The molecule has 0 aliphatic carbocycles. The van der Waals surface area contributed by atoms with Crippen molar-refractivity contribution in [3.8, 4) is 9.88 Å². The van der Waals surface area contributed by atoms with E-state index in [1.165, 1.54) is 16.2 Å².